The Morgan fingerprint density at radius 2 is 1.90 bits per heavy atom. The van der Waals surface area contributed by atoms with Crippen molar-refractivity contribution in [3.05, 3.63) is 29.6 Å². The van der Waals surface area contributed by atoms with Crippen molar-refractivity contribution >= 4 is 11.8 Å². The number of nitrogens with one attached hydrogen (secondary N) is 2. The average Bonchev–Trinajstić information content (AvgIpc) is 2.29. The van der Waals surface area contributed by atoms with Gasteiger partial charge in [-0.15, -0.1) is 0 Å². The second kappa shape index (κ2) is 5.90. The van der Waals surface area contributed by atoms with Crippen LogP contribution in [0.3, 0.4) is 0 Å². The van der Waals surface area contributed by atoms with Gasteiger partial charge < -0.3 is 15.7 Å². The molecule has 0 aromatic heterocycles. The standard InChI is InChI=1S/C14H19FN2O3/c1-8(12(19)17-14(2,3)4)16-13(20)10-7-9(15)5-6-11(10)18/h5-8,18H,1-4H3,(H,16,20)(H,17,19). The topological polar surface area (TPSA) is 78.4 Å². The van der Waals surface area contributed by atoms with Crippen LogP contribution >= 0.6 is 0 Å². The van der Waals surface area contributed by atoms with Crippen LogP contribution in [0.5, 0.6) is 5.75 Å². The van der Waals surface area contributed by atoms with Gasteiger partial charge in [-0.25, -0.2) is 4.39 Å². The summed E-state index contributed by atoms with van der Waals surface area (Å²) in [5.41, 5.74) is -0.628. The number of hydrogen-bond donors (Lipinski definition) is 3. The average molecular weight is 282 g/mol. The Kier molecular flexibility index (Phi) is 4.70. The van der Waals surface area contributed by atoms with Crippen molar-refractivity contribution < 1.29 is 19.1 Å². The number of carbonyl (C=O) groups is 2. The maximum atomic E-state index is 13.1. The molecule has 3 N–H and O–H groups in total. The quantitative estimate of drug-likeness (QED) is 0.787. The van der Waals surface area contributed by atoms with E-state index in [1.807, 2.05) is 20.8 Å². The van der Waals surface area contributed by atoms with Crippen LogP contribution in [0.1, 0.15) is 38.1 Å². The minimum atomic E-state index is -0.801. The van der Waals surface area contributed by atoms with E-state index in [2.05, 4.69) is 10.6 Å². The Balaban J connectivity index is 2.75. The monoisotopic (exact) mass is 282 g/mol. The largest absolute Gasteiger partial charge is 0.507 e. The first kappa shape index (κ1) is 15.9. The van der Waals surface area contributed by atoms with Crippen LogP contribution in [-0.2, 0) is 4.79 Å². The second-order valence-electron chi connectivity index (χ2n) is 5.60. The molecule has 0 fully saturated rings. The van der Waals surface area contributed by atoms with E-state index < -0.39 is 23.3 Å². The van der Waals surface area contributed by atoms with Gasteiger partial charge in [-0.2, -0.15) is 0 Å². The zero-order valence-corrected chi connectivity index (χ0v) is 12.0. The Labute approximate surface area is 117 Å². The molecular weight excluding hydrogens is 263 g/mol. The molecule has 1 aromatic rings. The minimum Gasteiger partial charge on any atom is -0.507 e. The van der Waals surface area contributed by atoms with Crippen molar-refractivity contribution in [3.8, 4) is 5.75 Å². The summed E-state index contributed by atoms with van der Waals surface area (Å²) < 4.78 is 13.1. The first-order valence-corrected chi connectivity index (χ1v) is 6.21. The number of amides is 2. The van der Waals surface area contributed by atoms with E-state index in [9.17, 15) is 19.1 Å². The molecule has 0 aliphatic heterocycles. The van der Waals surface area contributed by atoms with Gasteiger partial charge in [-0.1, -0.05) is 0 Å². The molecule has 2 amide bonds. The van der Waals surface area contributed by atoms with Crippen LogP contribution in [-0.4, -0.2) is 28.5 Å². The highest BCUT2D eigenvalue weighted by molar-refractivity contribution is 5.99. The zero-order valence-electron chi connectivity index (χ0n) is 12.0. The fourth-order valence-corrected chi connectivity index (χ4v) is 1.51. The van der Waals surface area contributed by atoms with Crippen molar-refractivity contribution in [2.24, 2.45) is 0 Å². The summed E-state index contributed by atoms with van der Waals surface area (Å²) in [5.74, 6) is -2.05. The lowest BCUT2D eigenvalue weighted by Crippen LogP contribution is -2.50. The molecule has 1 unspecified atom stereocenters. The van der Waals surface area contributed by atoms with Gasteiger partial charge in [0.1, 0.15) is 17.6 Å². The number of phenols is 1. The van der Waals surface area contributed by atoms with Crippen LogP contribution in [0, 0.1) is 5.82 Å². The lowest BCUT2D eigenvalue weighted by molar-refractivity contribution is -0.124. The van der Waals surface area contributed by atoms with E-state index in [-0.39, 0.29) is 17.2 Å². The third-order valence-electron chi connectivity index (χ3n) is 2.44. The molecule has 0 bridgehead atoms. The molecular formula is C14H19FN2O3. The molecule has 0 aliphatic carbocycles. The molecule has 6 heteroatoms. The normalized spacial score (nSPS) is 12.7. The van der Waals surface area contributed by atoms with Gasteiger partial charge in [0.2, 0.25) is 5.91 Å². The third kappa shape index (κ3) is 4.53. The van der Waals surface area contributed by atoms with Gasteiger partial charge in [0, 0.05) is 5.54 Å². The van der Waals surface area contributed by atoms with Crippen molar-refractivity contribution in [3.63, 3.8) is 0 Å². The van der Waals surface area contributed by atoms with Crippen molar-refractivity contribution in [2.75, 3.05) is 0 Å². The van der Waals surface area contributed by atoms with Gasteiger partial charge in [0.15, 0.2) is 0 Å². The van der Waals surface area contributed by atoms with Gasteiger partial charge in [-0.3, -0.25) is 9.59 Å². The van der Waals surface area contributed by atoms with Gasteiger partial charge in [-0.05, 0) is 45.9 Å². The summed E-state index contributed by atoms with van der Waals surface area (Å²) >= 11 is 0. The van der Waals surface area contributed by atoms with Gasteiger partial charge in [0.05, 0.1) is 5.56 Å². The first-order chi connectivity index (χ1) is 9.10. The van der Waals surface area contributed by atoms with E-state index >= 15 is 0 Å². The molecule has 1 rings (SSSR count). The molecule has 0 radical (unpaired) electrons. The molecule has 5 nitrogen and oxygen atoms in total. The lowest BCUT2D eigenvalue weighted by atomic mass is 10.1. The number of aromatic hydroxyl groups is 1. The fourth-order valence-electron chi connectivity index (χ4n) is 1.51. The maximum absolute atomic E-state index is 13.1. The summed E-state index contributed by atoms with van der Waals surface area (Å²) in [7, 11) is 0. The molecule has 0 aliphatic rings. The predicted octanol–water partition coefficient (Wildman–Crippen LogP) is 1.56. The van der Waals surface area contributed by atoms with Crippen LogP contribution < -0.4 is 10.6 Å². The number of phenolic OH excluding ortho intramolecular Hbond substituents is 1. The number of hydrogen-bond acceptors (Lipinski definition) is 3. The Bertz CT molecular complexity index is 524. The first-order valence-electron chi connectivity index (χ1n) is 6.21. The molecule has 20 heavy (non-hydrogen) atoms. The van der Waals surface area contributed by atoms with Crippen LogP contribution in [0.25, 0.3) is 0 Å². The SMILES string of the molecule is CC(NC(=O)c1cc(F)ccc1O)C(=O)NC(C)(C)C. The summed E-state index contributed by atoms with van der Waals surface area (Å²) in [4.78, 5) is 23.7. The van der Waals surface area contributed by atoms with E-state index in [1.54, 1.807) is 0 Å². The molecule has 1 atom stereocenters. The van der Waals surface area contributed by atoms with Gasteiger partial charge in [0.25, 0.3) is 5.91 Å². The number of carbonyl (C=O) groups excluding carboxylic acids is 2. The Morgan fingerprint density at radius 1 is 1.30 bits per heavy atom. The molecule has 0 heterocycles. The summed E-state index contributed by atoms with van der Waals surface area (Å²) in [5, 5.41) is 14.6. The fraction of sp³-hybridized carbons (Fsp3) is 0.429. The van der Waals surface area contributed by atoms with E-state index in [0.29, 0.717) is 0 Å². The summed E-state index contributed by atoms with van der Waals surface area (Å²) in [6.07, 6.45) is 0. The van der Waals surface area contributed by atoms with E-state index in [1.165, 1.54) is 6.92 Å². The molecule has 0 saturated heterocycles. The number of benzene rings is 1. The lowest BCUT2D eigenvalue weighted by Gasteiger charge is -2.23. The minimum absolute atomic E-state index is 0.208. The number of halogens is 1. The van der Waals surface area contributed by atoms with Crippen LogP contribution in [0.2, 0.25) is 0 Å². The van der Waals surface area contributed by atoms with Gasteiger partial charge >= 0.3 is 0 Å². The maximum Gasteiger partial charge on any atom is 0.255 e. The molecule has 0 saturated carbocycles. The summed E-state index contributed by atoms with van der Waals surface area (Å²) in [6.45, 7) is 6.96. The van der Waals surface area contributed by atoms with Crippen LogP contribution in [0.4, 0.5) is 4.39 Å². The molecule has 1 aromatic carbocycles. The van der Waals surface area contributed by atoms with E-state index in [4.69, 9.17) is 0 Å². The molecule has 110 valence electrons. The highest BCUT2D eigenvalue weighted by Crippen LogP contribution is 2.17. The zero-order chi connectivity index (χ0) is 15.5. The van der Waals surface area contributed by atoms with Crippen LogP contribution in [0.15, 0.2) is 18.2 Å². The summed E-state index contributed by atoms with van der Waals surface area (Å²) in [6, 6.07) is 2.25. The van der Waals surface area contributed by atoms with Crippen molar-refractivity contribution in [1.29, 1.82) is 0 Å². The highest BCUT2D eigenvalue weighted by Gasteiger charge is 2.22. The Morgan fingerprint density at radius 3 is 2.45 bits per heavy atom. The molecule has 0 spiro atoms. The van der Waals surface area contributed by atoms with Crippen molar-refractivity contribution in [1.82, 2.24) is 10.6 Å². The van der Waals surface area contributed by atoms with E-state index in [0.717, 1.165) is 18.2 Å². The second-order valence-corrected chi connectivity index (χ2v) is 5.60. The smallest absolute Gasteiger partial charge is 0.255 e. The Hall–Kier alpha value is -2.11. The highest BCUT2D eigenvalue weighted by atomic mass is 19.1. The third-order valence-corrected chi connectivity index (χ3v) is 2.44. The predicted molar refractivity (Wildman–Crippen MR) is 72.9 cm³/mol. The van der Waals surface area contributed by atoms with Crippen molar-refractivity contribution in [2.45, 2.75) is 39.3 Å². The number of rotatable bonds is 3.